The fraction of sp³-hybridized carbons (Fsp3) is 0.111. The number of H-pyrrole nitrogens is 1. The highest BCUT2D eigenvalue weighted by Gasteiger charge is 2.20. The highest BCUT2D eigenvalue weighted by molar-refractivity contribution is 9.11. The molecule has 0 saturated heterocycles. The Hall–Kier alpha value is -1.69. The lowest BCUT2D eigenvalue weighted by Gasteiger charge is -2.03. The summed E-state index contributed by atoms with van der Waals surface area (Å²) in [5.41, 5.74) is 3.90. The third-order valence-electron chi connectivity index (χ3n) is 3.76. The number of thioether (sulfide) groups is 1. The van der Waals surface area contributed by atoms with Gasteiger partial charge in [-0.2, -0.15) is 5.10 Å². The Kier molecular flexibility index (Phi) is 7.49. The second-order valence-electron chi connectivity index (χ2n) is 5.83. The van der Waals surface area contributed by atoms with Crippen LogP contribution in [-0.4, -0.2) is 33.2 Å². The minimum Gasteiger partial charge on any atom is -0.506 e. The lowest BCUT2D eigenvalue weighted by atomic mass is 10.2. The molecule has 11 heteroatoms. The van der Waals surface area contributed by atoms with E-state index in [0.717, 1.165) is 20.3 Å². The van der Waals surface area contributed by atoms with Crippen LogP contribution >= 0.6 is 59.6 Å². The van der Waals surface area contributed by atoms with Crippen LogP contribution in [0.15, 0.2) is 60.1 Å². The number of hydrogen-bond donors (Lipinski definition) is 3. The standard InChI is InChI=1S/C18H14Br3N5O2S/c1-26-17(10-3-2-4-12(19)5-10)24-25-18(26)29-9-15(27)23-22-8-11-6-13(20)7-14(21)16(11)28/h2-8H,9H2,1H3,(H2,22,23,27,28)/p+1. The summed E-state index contributed by atoms with van der Waals surface area (Å²) < 4.78 is 4.17. The first-order valence-electron chi connectivity index (χ1n) is 8.18. The first kappa shape index (κ1) is 22.0. The van der Waals surface area contributed by atoms with Crippen LogP contribution in [0.3, 0.4) is 0 Å². The van der Waals surface area contributed by atoms with E-state index in [4.69, 9.17) is 0 Å². The zero-order chi connectivity index (χ0) is 21.0. The molecule has 3 N–H and O–H groups in total. The predicted octanol–water partition coefficient (Wildman–Crippen LogP) is 4.14. The molecule has 3 aromatic rings. The number of hydrogen-bond acceptors (Lipinski definition) is 5. The van der Waals surface area contributed by atoms with E-state index < -0.39 is 0 Å². The molecule has 0 aliphatic carbocycles. The van der Waals surface area contributed by atoms with Gasteiger partial charge in [-0.1, -0.05) is 37.9 Å². The smallest absolute Gasteiger partial charge is 0.337 e. The topological polar surface area (TPSA) is 94.2 Å². The number of aromatic nitrogens is 3. The molecule has 0 aliphatic heterocycles. The van der Waals surface area contributed by atoms with Crippen molar-refractivity contribution in [3.8, 4) is 17.1 Å². The molecule has 0 radical (unpaired) electrons. The van der Waals surface area contributed by atoms with Gasteiger partial charge in [-0.25, -0.2) is 9.99 Å². The number of benzene rings is 2. The van der Waals surface area contributed by atoms with Crippen LogP contribution in [0.5, 0.6) is 5.75 Å². The Labute approximate surface area is 196 Å². The minimum atomic E-state index is -0.285. The lowest BCUT2D eigenvalue weighted by Crippen LogP contribution is -2.32. The van der Waals surface area contributed by atoms with Crippen LogP contribution in [0.4, 0.5) is 0 Å². The predicted molar refractivity (Wildman–Crippen MR) is 123 cm³/mol. The highest BCUT2D eigenvalue weighted by atomic mass is 79.9. The Balaban J connectivity index is 1.59. The number of hydrazone groups is 1. The van der Waals surface area contributed by atoms with Crippen molar-refractivity contribution in [2.45, 2.75) is 5.16 Å². The number of nitrogens with zero attached hydrogens (tertiary/aromatic N) is 3. The zero-order valence-electron chi connectivity index (χ0n) is 15.0. The summed E-state index contributed by atoms with van der Waals surface area (Å²) in [5, 5.41) is 21.8. The summed E-state index contributed by atoms with van der Waals surface area (Å²) in [6.07, 6.45) is 1.38. The van der Waals surface area contributed by atoms with Gasteiger partial charge in [0.1, 0.15) is 5.75 Å². The molecule has 0 spiro atoms. The van der Waals surface area contributed by atoms with Crippen molar-refractivity contribution in [2.75, 3.05) is 5.75 Å². The zero-order valence-corrected chi connectivity index (χ0v) is 20.6. The molecule has 7 nitrogen and oxygen atoms in total. The summed E-state index contributed by atoms with van der Waals surface area (Å²) in [4.78, 5) is 12.1. The molecular weight excluding hydrogens is 590 g/mol. The summed E-state index contributed by atoms with van der Waals surface area (Å²) in [6, 6.07) is 11.3. The third-order valence-corrected chi connectivity index (χ3v) is 6.35. The van der Waals surface area contributed by atoms with E-state index in [0.29, 0.717) is 15.2 Å². The maximum absolute atomic E-state index is 12.1. The number of phenols is 1. The molecule has 1 amide bonds. The Morgan fingerprint density at radius 3 is 2.86 bits per heavy atom. The summed E-state index contributed by atoms with van der Waals surface area (Å²) in [5.74, 6) is 0.737. The molecule has 1 aromatic heterocycles. The van der Waals surface area contributed by atoms with Gasteiger partial charge in [-0.05, 0) is 58.0 Å². The normalized spacial score (nSPS) is 11.2. The Bertz CT molecular complexity index is 1090. The van der Waals surface area contributed by atoms with Gasteiger partial charge in [0.25, 0.3) is 11.7 Å². The number of nitrogens with one attached hydrogen (secondary N) is 2. The molecule has 150 valence electrons. The van der Waals surface area contributed by atoms with E-state index in [1.807, 2.05) is 35.9 Å². The number of carbonyl (C=O) groups excluding carboxylic acids is 1. The first-order valence-corrected chi connectivity index (χ1v) is 11.5. The van der Waals surface area contributed by atoms with Crippen LogP contribution in [0.2, 0.25) is 0 Å². The fourth-order valence-corrected chi connectivity index (χ4v) is 4.77. The second kappa shape index (κ2) is 9.88. The average molecular weight is 605 g/mol. The fourth-order valence-electron chi connectivity index (χ4n) is 2.39. The van der Waals surface area contributed by atoms with Crippen LogP contribution in [0.1, 0.15) is 5.56 Å². The molecule has 29 heavy (non-hydrogen) atoms. The molecule has 0 saturated carbocycles. The first-order chi connectivity index (χ1) is 13.8. The van der Waals surface area contributed by atoms with E-state index in [1.54, 1.807) is 12.1 Å². The molecule has 0 unspecified atom stereocenters. The number of carbonyl (C=O) groups is 1. The second-order valence-corrected chi connectivity index (χ2v) is 9.46. The molecule has 0 bridgehead atoms. The molecule has 1 heterocycles. The monoisotopic (exact) mass is 602 g/mol. The van der Waals surface area contributed by atoms with Gasteiger partial charge in [0.05, 0.1) is 34.1 Å². The minimum absolute atomic E-state index is 0.0456. The number of aromatic amines is 1. The van der Waals surface area contributed by atoms with Crippen molar-refractivity contribution in [1.29, 1.82) is 0 Å². The molecule has 0 aliphatic rings. The quantitative estimate of drug-likeness (QED) is 0.171. The van der Waals surface area contributed by atoms with E-state index >= 15 is 0 Å². The van der Waals surface area contributed by atoms with E-state index in [2.05, 4.69) is 68.5 Å². The van der Waals surface area contributed by atoms with E-state index in [-0.39, 0.29) is 17.4 Å². The van der Waals surface area contributed by atoms with Gasteiger partial charge in [0.2, 0.25) is 0 Å². The van der Waals surface area contributed by atoms with Crippen molar-refractivity contribution in [1.82, 2.24) is 15.6 Å². The van der Waals surface area contributed by atoms with E-state index in [1.165, 1.54) is 18.0 Å². The van der Waals surface area contributed by atoms with Crippen molar-refractivity contribution in [3.63, 3.8) is 0 Å². The largest absolute Gasteiger partial charge is 0.506 e. The number of phenolic OH excluding ortho intramolecular Hbond substituents is 1. The van der Waals surface area contributed by atoms with Gasteiger partial charge < -0.3 is 5.11 Å². The average Bonchev–Trinajstić information content (AvgIpc) is 3.04. The van der Waals surface area contributed by atoms with Crippen LogP contribution in [0.25, 0.3) is 11.4 Å². The number of halogens is 3. The van der Waals surface area contributed by atoms with Crippen molar-refractivity contribution >= 4 is 71.7 Å². The Morgan fingerprint density at radius 1 is 1.31 bits per heavy atom. The third kappa shape index (κ3) is 5.68. The highest BCUT2D eigenvalue weighted by Crippen LogP contribution is 2.30. The summed E-state index contributed by atoms with van der Waals surface area (Å²) in [7, 11) is 1.88. The van der Waals surface area contributed by atoms with Crippen molar-refractivity contribution in [2.24, 2.45) is 12.1 Å². The van der Waals surface area contributed by atoms with Gasteiger partial charge in [0.15, 0.2) is 0 Å². The van der Waals surface area contributed by atoms with Gasteiger partial charge in [0, 0.05) is 14.5 Å². The van der Waals surface area contributed by atoms with E-state index in [9.17, 15) is 9.90 Å². The maximum Gasteiger partial charge on any atom is 0.337 e. The summed E-state index contributed by atoms with van der Waals surface area (Å²) >= 11 is 11.3. The summed E-state index contributed by atoms with van der Waals surface area (Å²) in [6.45, 7) is 0. The van der Waals surface area contributed by atoms with Crippen LogP contribution in [-0.2, 0) is 11.8 Å². The number of rotatable bonds is 6. The SMILES string of the molecule is C[n+]1c(SCC(=O)N/N=C/c2cc(Br)cc(Br)c2O)n[nH]c1-c1cccc(Br)c1. The van der Waals surface area contributed by atoms with Crippen molar-refractivity contribution < 1.29 is 14.5 Å². The lowest BCUT2D eigenvalue weighted by molar-refractivity contribution is -0.698. The Morgan fingerprint density at radius 2 is 2.10 bits per heavy atom. The maximum atomic E-state index is 12.1. The number of amides is 1. The van der Waals surface area contributed by atoms with Gasteiger partial charge in [-0.15, -0.1) is 5.10 Å². The van der Waals surface area contributed by atoms with Gasteiger partial charge in [-0.3, -0.25) is 4.79 Å². The van der Waals surface area contributed by atoms with Crippen molar-refractivity contribution in [3.05, 3.63) is 55.4 Å². The molecule has 0 atom stereocenters. The molecule has 3 rings (SSSR count). The molecule has 0 fully saturated rings. The molecular formula is C18H15Br3N5O2S+. The molecule has 2 aromatic carbocycles. The number of aromatic hydroxyl groups is 1. The van der Waals surface area contributed by atoms with Gasteiger partial charge >= 0.3 is 5.16 Å². The van der Waals surface area contributed by atoms with Crippen LogP contribution < -0.4 is 9.99 Å². The van der Waals surface area contributed by atoms with Crippen LogP contribution in [0, 0.1) is 0 Å².